The summed E-state index contributed by atoms with van der Waals surface area (Å²) in [6, 6.07) is 7.83. The first-order valence-corrected chi connectivity index (χ1v) is 8.69. The molecule has 1 aromatic heterocycles. The Labute approximate surface area is 137 Å². The standard InChI is InChI=1S/C18H26N4O/c1-14(18-20-15-8-4-5-9-16(15)21-18)19-17(23)10-13-22-11-6-2-3-7-12-22/h4-5,8-9,14H,2-3,6-7,10-13H2,1H3,(H,19,23)(H,20,21)/t14-/m0/s1. The fourth-order valence-corrected chi connectivity index (χ4v) is 3.18. The van der Waals surface area contributed by atoms with Gasteiger partial charge in [-0.05, 0) is 45.0 Å². The molecule has 1 fully saturated rings. The number of aromatic amines is 1. The van der Waals surface area contributed by atoms with E-state index in [2.05, 4.69) is 20.2 Å². The van der Waals surface area contributed by atoms with E-state index in [1.165, 1.54) is 25.7 Å². The third-order valence-electron chi connectivity index (χ3n) is 4.55. The number of para-hydroxylation sites is 2. The average Bonchev–Trinajstić information content (AvgIpc) is 2.82. The van der Waals surface area contributed by atoms with Crippen LogP contribution in [0.4, 0.5) is 0 Å². The Morgan fingerprint density at radius 2 is 2.00 bits per heavy atom. The van der Waals surface area contributed by atoms with Crippen molar-refractivity contribution < 1.29 is 4.79 Å². The number of hydrogen-bond donors (Lipinski definition) is 2. The molecule has 0 spiro atoms. The van der Waals surface area contributed by atoms with Crippen LogP contribution >= 0.6 is 0 Å². The van der Waals surface area contributed by atoms with Gasteiger partial charge < -0.3 is 15.2 Å². The lowest BCUT2D eigenvalue weighted by Gasteiger charge is -2.19. The van der Waals surface area contributed by atoms with Gasteiger partial charge in [0.05, 0.1) is 17.1 Å². The number of nitrogens with zero attached hydrogens (tertiary/aromatic N) is 2. The highest BCUT2D eigenvalue weighted by Gasteiger charge is 2.15. The highest BCUT2D eigenvalue weighted by atomic mass is 16.1. The van der Waals surface area contributed by atoms with Crippen LogP contribution in [0.2, 0.25) is 0 Å². The monoisotopic (exact) mass is 314 g/mol. The predicted octanol–water partition coefficient (Wildman–Crippen LogP) is 3.01. The van der Waals surface area contributed by atoms with Crippen LogP contribution in [0, 0.1) is 0 Å². The number of amides is 1. The van der Waals surface area contributed by atoms with Crippen molar-refractivity contribution in [1.82, 2.24) is 20.2 Å². The molecule has 1 amide bonds. The van der Waals surface area contributed by atoms with E-state index in [1.54, 1.807) is 0 Å². The molecule has 2 heterocycles. The molecule has 0 radical (unpaired) electrons. The zero-order chi connectivity index (χ0) is 16.1. The summed E-state index contributed by atoms with van der Waals surface area (Å²) in [6.45, 7) is 5.10. The topological polar surface area (TPSA) is 61.0 Å². The van der Waals surface area contributed by atoms with Crippen molar-refractivity contribution in [3.63, 3.8) is 0 Å². The van der Waals surface area contributed by atoms with E-state index in [0.717, 1.165) is 36.5 Å². The summed E-state index contributed by atoms with van der Waals surface area (Å²) in [4.78, 5) is 22.4. The van der Waals surface area contributed by atoms with Crippen molar-refractivity contribution in [2.24, 2.45) is 0 Å². The van der Waals surface area contributed by atoms with E-state index in [1.807, 2.05) is 31.2 Å². The molecule has 2 aromatic rings. The maximum absolute atomic E-state index is 12.2. The Morgan fingerprint density at radius 3 is 2.74 bits per heavy atom. The molecule has 3 rings (SSSR count). The normalized spacial score (nSPS) is 17.8. The van der Waals surface area contributed by atoms with Crippen molar-refractivity contribution in [3.8, 4) is 0 Å². The quantitative estimate of drug-likeness (QED) is 0.892. The highest BCUT2D eigenvalue weighted by Crippen LogP contribution is 2.15. The first-order valence-electron chi connectivity index (χ1n) is 8.69. The number of fused-ring (bicyclic) bond motifs is 1. The van der Waals surface area contributed by atoms with Crippen molar-refractivity contribution in [2.45, 2.75) is 45.1 Å². The zero-order valence-corrected chi connectivity index (χ0v) is 13.8. The molecule has 5 nitrogen and oxygen atoms in total. The molecule has 2 N–H and O–H groups in total. The van der Waals surface area contributed by atoms with E-state index in [-0.39, 0.29) is 11.9 Å². The molecule has 1 aliphatic rings. The molecular weight excluding hydrogens is 288 g/mol. The number of carbonyl (C=O) groups is 1. The van der Waals surface area contributed by atoms with Gasteiger partial charge in [0.15, 0.2) is 0 Å². The van der Waals surface area contributed by atoms with Gasteiger partial charge in [-0.3, -0.25) is 4.79 Å². The van der Waals surface area contributed by atoms with Crippen LogP contribution in [0.5, 0.6) is 0 Å². The van der Waals surface area contributed by atoms with Crippen LogP contribution in [0.15, 0.2) is 24.3 Å². The van der Waals surface area contributed by atoms with Gasteiger partial charge in [-0.15, -0.1) is 0 Å². The summed E-state index contributed by atoms with van der Waals surface area (Å²) in [5.74, 6) is 0.913. The molecule has 1 atom stereocenters. The van der Waals surface area contributed by atoms with Crippen molar-refractivity contribution in [3.05, 3.63) is 30.1 Å². The lowest BCUT2D eigenvalue weighted by Crippen LogP contribution is -2.33. The minimum Gasteiger partial charge on any atom is -0.346 e. The molecule has 0 aliphatic carbocycles. The molecule has 23 heavy (non-hydrogen) atoms. The van der Waals surface area contributed by atoms with Crippen LogP contribution in [0.25, 0.3) is 11.0 Å². The number of likely N-dealkylation sites (tertiary alicyclic amines) is 1. The van der Waals surface area contributed by atoms with Gasteiger partial charge in [-0.1, -0.05) is 25.0 Å². The number of aromatic nitrogens is 2. The number of imidazole rings is 1. The number of carbonyl (C=O) groups excluding carboxylic acids is 1. The van der Waals surface area contributed by atoms with Crippen molar-refractivity contribution >= 4 is 16.9 Å². The molecule has 0 bridgehead atoms. The van der Waals surface area contributed by atoms with Crippen LogP contribution in [-0.4, -0.2) is 40.4 Å². The maximum atomic E-state index is 12.2. The van der Waals surface area contributed by atoms with E-state index in [0.29, 0.717) is 6.42 Å². The summed E-state index contributed by atoms with van der Waals surface area (Å²) < 4.78 is 0. The lowest BCUT2D eigenvalue weighted by molar-refractivity contribution is -0.122. The molecular formula is C18H26N4O. The summed E-state index contributed by atoms with van der Waals surface area (Å²) in [6.07, 6.45) is 5.73. The second kappa shape index (κ2) is 7.59. The van der Waals surface area contributed by atoms with E-state index < -0.39 is 0 Å². The van der Waals surface area contributed by atoms with Crippen molar-refractivity contribution in [1.29, 1.82) is 0 Å². The van der Waals surface area contributed by atoms with Gasteiger partial charge in [0.1, 0.15) is 5.82 Å². The first-order chi connectivity index (χ1) is 11.2. The van der Waals surface area contributed by atoms with Gasteiger partial charge in [-0.2, -0.15) is 0 Å². The Bertz CT molecular complexity index is 610. The van der Waals surface area contributed by atoms with Gasteiger partial charge in [0.2, 0.25) is 5.91 Å². The molecule has 1 aromatic carbocycles. The Balaban J connectivity index is 1.50. The number of nitrogens with one attached hydrogen (secondary N) is 2. The van der Waals surface area contributed by atoms with Crippen LogP contribution in [-0.2, 0) is 4.79 Å². The lowest BCUT2D eigenvalue weighted by atomic mass is 10.2. The smallest absolute Gasteiger partial charge is 0.221 e. The largest absolute Gasteiger partial charge is 0.346 e. The number of H-pyrrole nitrogens is 1. The van der Waals surface area contributed by atoms with Gasteiger partial charge >= 0.3 is 0 Å². The molecule has 1 aliphatic heterocycles. The Kier molecular flexibility index (Phi) is 5.28. The van der Waals surface area contributed by atoms with Crippen molar-refractivity contribution in [2.75, 3.05) is 19.6 Å². The van der Waals surface area contributed by atoms with E-state index >= 15 is 0 Å². The SMILES string of the molecule is C[C@H](NC(=O)CCN1CCCCCC1)c1nc2ccccc2[nH]1. The van der Waals surface area contributed by atoms with E-state index in [4.69, 9.17) is 0 Å². The summed E-state index contributed by atoms with van der Waals surface area (Å²) in [5, 5.41) is 3.05. The number of hydrogen-bond acceptors (Lipinski definition) is 3. The van der Waals surface area contributed by atoms with Crippen LogP contribution in [0.3, 0.4) is 0 Å². The molecule has 0 unspecified atom stereocenters. The van der Waals surface area contributed by atoms with Crippen LogP contribution in [0.1, 0.15) is 50.9 Å². The van der Waals surface area contributed by atoms with Gasteiger partial charge in [-0.25, -0.2) is 4.98 Å². The maximum Gasteiger partial charge on any atom is 0.221 e. The number of benzene rings is 1. The minimum atomic E-state index is -0.0981. The fraction of sp³-hybridized carbons (Fsp3) is 0.556. The highest BCUT2D eigenvalue weighted by molar-refractivity contribution is 5.77. The second-order valence-corrected chi connectivity index (χ2v) is 6.43. The second-order valence-electron chi connectivity index (χ2n) is 6.43. The third kappa shape index (κ3) is 4.32. The molecule has 0 saturated carbocycles. The summed E-state index contributed by atoms with van der Waals surface area (Å²) in [5.41, 5.74) is 1.95. The Hall–Kier alpha value is -1.88. The number of rotatable bonds is 5. The molecule has 124 valence electrons. The predicted molar refractivity (Wildman–Crippen MR) is 92.2 cm³/mol. The zero-order valence-electron chi connectivity index (χ0n) is 13.8. The third-order valence-corrected chi connectivity index (χ3v) is 4.55. The summed E-state index contributed by atoms with van der Waals surface area (Å²) in [7, 11) is 0. The van der Waals surface area contributed by atoms with Gasteiger partial charge in [0.25, 0.3) is 0 Å². The van der Waals surface area contributed by atoms with Gasteiger partial charge in [0, 0.05) is 13.0 Å². The molecule has 5 heteroatoms. The van der Waals surface area contributed by atoms with Crippen LogP contribution < -0.4 is 5.32 Å². The Morgan fingerprint density at radius 1 is 1.26 bits per heavy atom. The molecule has 1 saturated heterocycles. The van der Waals surface area contributed by atoms with E-state index in [9.17, 15) is 4.79 Å². The summed E-state index contributed by atoms with van der Waals surface area (Å²) >= 11 is 0. The first kappa shape index (κ1) is 16.0. The minimum absolute atomic E-state index is 0.0981. The average molecular weight is 314 g/mol. The fourth-order valence-electron chi connectivity index (χ4n) is 3.18.